The van der Waals surface area contributed by atoms with Gasteiger partial charge in [-0.05, 0) is 56.2 Å². The minimum atomic E-state index is 0.125. The molecular weight excluding hydrogens is 264 g/mol. The molecule has 1 fully saturated rings. The van der Waals surface area contributed by atoms with Gasteiger partial charge in [0.15, 0.2) is 11.5 Å². The van der Waals surface area contributed by atoms with E-state index in [1.54, 1.807) is 7.11 Å². The second-order valence-corrected chi connectivity index (χ2v) is 5.68. The molecule has 1 aliphatic rings. The first kappa shape index (κ1) is 15.9. The van der Waals surface area contributed by atoms with E-state index in [0.29, 0.717) is 6.10 Å². The molecule has 0 unspecified atom stereocenters. The van der Waals surface area contributed by atoms with Crippen LogP contribution in [0.15, 0.2) is 30.9 Å². The van der Waals surface area contributed by atoms with Crippen molar-refractivity contribution in [2.24, 2.45) is 0 Å². The fraction of sp³-hybridized carbons (Fsp3) is 0.556. The average molecular weight is 290 g/mol. The van der Waals surface area contributed by atoms with Crippen LogP contribution in [0.5, 0.6) is 11.5 Å². The van der Waals surface area contributed by atoms with E-state index in [9.17, 15) is 5.11 Å². The quantitative estimate of drug-likeness (QED) is 0.734. The van der Waals surface area contributed by atoms with Crippen molar-refractivity contribution in [3.8, 4) is 11.5 Å². The third-order valence-electron chi connectivity index (χ3n) is 4.19. The van der Waals surface area contributed by atoms with Crippen molar-refractivity contribution in [3.05, 3.63) is 36.4 Å². The highest BCUT2D eigenvalue weighted by Crippen LogP contribution is 2.35. The van der Waals surface area contributed by atoms with Crippen LogP contribution in [0.3, 0.4) is 0 Å². The Morgan fingerprint density at radius 2 is 2.10 bits per heavy atom. The van der Waals surface area contributed by atoms with Gasteiger partial charge in [0.05, 0.1) is 13.2 Å². The van der Waals surface area contributed by atoms with E-state index in [-0.39, 0.29) is 12.5 Å². The Hall–Kier alpha value is -1.48. The molecule has 0 spiro atoms. The van der Waals surface area contributed by atoms with Crippen molar-refractivity contribution in [1.29, 1.82) is 0 Å². The summed E-state index contributed by atoms with van der Waals surface area (Å²) in [4.78, 5) is 0. The van der Waals surface area contributed by atoms with Crippen LogP contribution in [-0.4, -0.2) is 24.9 Å². The number of hydrogen-bond donors (Lipinski definition) is 1. The molecule has 0 bridgehead atoms. The Bertz CT molecular complexity index is 450. The zero-order valence-corrected chi connectivity index (χ0v) is 12.9. The first-order valence-corrected chi connectivity index (χ1v) is 7.84. The lowest BCUT2D eigenvalue weighted by molar-refractivity contribution is 0.200. The number of benzene rings is 1. The summed E-state index contributed by atoms with van der Waals surface area (Å²) < 4.78 is 11.5. The average Bonchev–Trinajstić information content (AvgIpc) is 3.01. The van der Waals surface area contributed by atoms with Crippen LogP contribution in [0, 0.1) is 0 Å². The van der Waals surface area contributed by atoms with Gasteiger partial charge in [-0.25, -0.2) is 0 Å². The van der Waals surface area contributed by atoms with Crippen LogP contribution in [0.25, 0.3) is 0 Å². The molecule has 0 radical (unpaired) electrons. The molecule has 0 saturated heterocycles. The van der Waals surface area contributed by atoms with E-state index >= 15 is 0 Å². The lowest BCUT2D eigenvalue weighted by atomic mass is 9.94. The summed E-state index contributed by atoms with van der Waals surface area (Å²) >= 11 is 0. The third kappa shape index (κ3) is 4.24. The maximum Gasteiger partial charge on any atom is 0.161 e. The largest absolute Gasteiger partial charge is 0.493 e. The smallest absolute Gasteiger partial charge is 0.161 e. The highest BCUT2D eigenvalue weighted by Gasteiger charge is 2.20. The standard InChI is InChI=1S/C18H26O3/c1-3-4-7-15(13-19)14-10-11-17(20-2)18(12-14)21-16-8-5-6-9-16/h3,10-12,15-16,19H,1,4-9,13H2,2H3/t15-/m1/s1. The van der Waals surface area contributed by atoms with E-state index in [1.165, 1.54) is 12.8 Å². The van der Waals surface area contributed by atoms with E-state index in [2.05, 4.69) is 6.58 Å². The van der Waals surface area contributed by atoms with Gasteiger partial charge < -0.3 is 14.6 Å². The Balaban J connectivity index is 2.16. The van der Waals surface area contributed by atoms with Gasteiger partial charge in [-0.2, -0.15) is 0 Å². The molecule has 1 atom stereocenters. The molecule has 3 heteroatoms. The van der Waals surface area contributed by atoms with Gasteiger partial charge in [0.1, 0.15) is 0 Å². The van der Waals surface area contributed by atoms with Crippen molar-refractivity contribution < 1.29 is 14.6 Å². The second-order valence-electron chi connectivity index (χ2n) is 5.68. The fourth-order valence-corrected chi connectivity index (χ4v) is 2.91. The minimum absolute atomic E-state index is 0.125. The van der Waals surface area contributed by atoms with Crippen LogP contribution in [0.1, 0.15) is 50.0 Å². The van der Waals surface area contributed by atoms with Gasteiger partial charge in [0, 0.05) is 12.5 Å². The number of methoxy groups -OCH3 is 1. The summed E-state index contributed by atoms with van der Waals surface area (Å²) in [5, 5.41) is 9.60. The van der Waals surface area contributed by atoms with Crippen molar-refractivity contribution in [2.45, 2.75) is 50.5 Å². The van der Waals surface area contributed by atoms with Crippen LogP contribution in [-0.2, 0) is 0 Å². The number of rotatable bonds is 8. The van der Waals surface area contributed by atoms with E-state index in [0.717, 1.165) is 42.7 Å². The Morgan fingerprint density at radius 1 is 1.33 bits per heavy atom. The molecule has 0 amide bonds. The van der Waals surface area contributed by atoms with Crippen molar-refractivity contribution >= 4 is 0 Å². The van der Waals surface area contributed by atoms with Gasteiger partial charge in [-0.1, -0.05) is 12.1 Å². The number of ether oxygens (including phenoxy) is 2. The Morgan fingerprint density at radius 3 is 2.71 bits per heavy atom. The van der Waals surface area contributed by atoms with Crippen molar-refractivity contribution in [2.75, 3.05) is 13.7 Å². The van der Waals surface area contributed by atoms with E-state index < -0.39 is 0 Å². The molecule has 1 aromatic carbocycles. The molecule has 0 aliphatic heterocycles. The molecule has 0 heterocycles. The van der Waals surface area contributed by atoms with Crippen LogP contribution in [0.4, 0.5) is 0 Å². The molecule has 116 valence electrons. The summed E-state index contributed by atoms with van der Waals surface area (Å²) in [6.07, 6.45) is 8.71. The minimum Gasteiger partial charge on any atom is -0.493 e. The van der Waals surface area contributed by atoms with Gasteiger partial charge in [-0.15, -0.1) is 6.58 Å². The first-order chi connectivity index (χ1) is 10.3. The summed E-state index contributed by atoms with van der Waals surface area (Å²) in [7, 11) is 1.66. The lowest BCUT2D eigenvalue weighted by Crippen LogP contribution is -2.12. The van der Waals surface area contributed by atoms with E-state index in [1.807, 2.05) is 24.3 Å². The third-order valence-corrected chi connectivity index (χ3v) is 4.19. The van der Waals surface area contributed by atoms with Gasteiger partial charge >= 0.3 is 0 Å². The van der Waals surface area contributed by atoms with Crippen LogP contribution in [0.2, 0.25) is 0 Å². The monoisotopic (exact) mass is 290 g/mol. The molecular formula is C18H26O3. The zero-order valence-electron chi connectivity index (χ0n) is 12.9. The maximum atomic E-state index is 9.60. The van der Waals surface area contributed by atoms with Crippen molar-refractivity contribution in [3.63, 3.8) is 0 Å². The highest BCUT2D eigenvalue weighted by molar-refractivity contribution is 5.44. The van der Waals surface area contributed by atoms with Gasteiger partial charge in [0.25, 0.3) is 0 Å². The van der Waals surface area contributed by atoms with Crippen molar-refractivity contribution in [1.82, 2.24) is 0 Å². The number of aliphatic hydroxyl groups excluding tert-OH is 1. The SMILES string of the molecule is C=CCC[C@H](CO)c1ccc(OC)c(OC2CCCC2)c1. The molecule has 3 nitrogen and oxygen atoms in total. The summed E-state index contributed by atoms with van der Waals surface area (Å²) in [5.74, 6) is 1.70. The highest BCUT2D eigenvalue weighted by atomic mass is 16.5. The molecule has 1 saturated carbocycles. The molecule has 1 N–H and O–H groups in total. The van der Waals surface area contributed by atoms with E-state index in [4.69, 9.17) is 9.47 Å². The maximum absolute atomic E-state index is 9.60. The normalized spacial score (nSPS) is 16.7. The summed E-state index contributed by atoms with van der Waals surface area (Å²) in [5.41, 5.74) is 1.10. The topological polar surface area (TPSA) is 38.7 Å². The Labute approximate surface area is 127 Å². The fourth-order valence-electron chi connectivity index (χ4n) is 2.91. The van der Waals surface area contributed by atoms with Crippen LogP contribution >= 0.6 is 0 Å². The molecule has 2 rings (SSSR count). The molecule has 21 heavy (non-hydrogen) atoms. The van der Waals surface area contributed by atoms with Gasteiger partial charge in [0.2, 0.25) is 0 Å². The van der Waals surface area contributed by atoms with Crippen LogP contribution < -0.4 is 9.47 Å². The lowest BCUT2D eigenvalue weighted by Gasteiger charge is -2.19. The number of hydrogen-bond acceptors (Lipinski definition) is 3. The number of allylic oxidation sites excluding steroid dienone is 1. The molecule has 1 aromatic rings. The summed E-state index contributed by atoms with van der Waals surface area (Å²) in [6.45, 7) is 3.89. The predicted molar refractivity (Wildman–Crippen MR) is 85.1 cm³/mol. The zero-order chi connectivity index (χ0) is 15.1. The summed E-state index contributed by atoms with van der Waals surface area (Å²) in [6, 6.07) is 5.99. The first-order valence-electron chi connectivity index (χ1n) is 7.84. The molecule has 0 aromatic heterocycles. The Kier molecular flexibility index (Phi) is 6.12. The number of aliphatic hydroxyl groups is 1. The molecule has 1 aliphatic carbocycles. The second kappa shape index (κ2) is 8.08. The van der Waals surface area contributed by atoms with Gasteiger partial charge in [-0.3, -0.25) is 0 Å². The predicted octanol–water partition coefficient (Wildman–Crippen LogP) is 4.06.